The zero-order valence-electron chi connectivity index (χ0n) is 21.0. The van der Waals surface area contributed by atoms with Gasteiger partial charge in [0.25, 0.3) is 0 Å². The van der Waals surface area contributed by atoms with Crippen LogP contribution in [-0.4, -0.2) is 28.6 Å². The Morgan fingerprint density at radius 3 is 2.54 bits per heavy atom. The topological polar surface area (TPSA) is 47.4 Å². The number of aromatic nitrogens is 2. The Hall–Kier alpha value is -3.60. The standard InChI is InChI=1S/C30H33N3O2/c1-20(2)23-10-12-25(13-11-23)35-16-15-32-28-8-6-5-7-26(28)31-30(32)24-18-29(34)33(19-24)27-14-9-21(3)17-22(27)4/h5-14,17,20,24H,15-16,18-19H2,1-4H3. The number of ether oxygens (including phenoxy) is 1. The van der Waals surface area contributed by atoms with Gasteiger partial charge in [0, 0.05) is 24.6 Å². The first kappa shape index (κ1) is 23.2. The molecule has 0 saturated carbocycles. The summed E-state index contributed by atoms with van der Waals surface area (Å²) in [6, 6.07) is 22.8. The first-order valence-electron chi connectivity index (χ1n) is 12.5. The summed E-state index contributed by atoms with van der Waals surface area (Å²) in [5.41, 5.74) is 6.68. The highest BCUT2D eigenvalue weighted by Gasteiger charge is 2.35. The van der Waals surface area contributed by atoms with Crippen molar-refractivity contribution in [3.63, 3.8) is 0 Å². The van der Waals surface area contributed by atoms with Gasteiger partial charge < -0.3 is 14.2 Å². The average molecular weight is 468 g/mol. The molecule has 1 saturated heterocycles. The molecule has 0 N–H and O–H groups in total. The van der Waals surface area contributed by atoms with Crippen LogP contribution in [0.1, 0.15) is 54.6 Å². The van der Waals surface area contributed by atoms with Gasteiger partial charge in [0.2, 0.25) is 5.91 Å². The molecule has 5 heteroatoms. The van der Waals surface area contributed by atoms with Crippen LogP contribution in [0.5, 0.6) is 5.75 Å². The molecule has 1 amide bonds. The molecule has 3 aromatic carbocycles. The molecular formula is C30H33N3O2. The van der Waals surface area contributed by atoms with Gasteiger partial charge in [-0.25, -0.2) is 4.98 Å². The van der Waals surface area contributed by atoms with Crippen LogP contribution in [0.2, 0.25) is 0 Å². The Kier molecular flexibility index (Phi) is 6.33. The van der Waals surface area contributed by atoms with Gasteiger partial charge in [-0.15, -0.1) is 0 Å². The van der Waals surface area contributed by atoms with E-state index in [0.717, 1.165) is 33.9 Å². The highest BCUT2D eigenvalue weighted by atomic mass is 16.5. The maximum atomic E-state index is 13.1. The second-order valence-electron chi connectivity index (χ2n) is 9.88. The highest BCUT2D eigenvalue weighted by Crippen LogP contribution is 2.34. The summed E-state index contributed by atoms with van der Waals surface area (Å²) in [4.78, 5) is 20.0. The normalized spacial score (nSPS) is 16.0. The van der Waals surface area contributed by atoms with Crippen molar-refractivity contribution < 1.29 is 9.53 Å². The van der Waals surface area contributed by atoms with E-state index >= 15 is 0 Å². The number of carbonyl (C=O) groups excluding carboxylic acids is 1. The van der Waals surface area contributed by atoms with Crippen LogP contribution in [0.25, 0.3) is 11.0 Å². The average Bonchev–Trinajstić information content (AvgIpc) is 3.40. The molecule has 4 aromatic rings. The number of nitrogens with zero attached hydrogens (tertiary/aromatic N) is 3. The summed E-state index contributed by atoms with van der Waals surface area (Å²) in [6.45, 7) is 10.4. The van der Waals surface area contributed by atoms with Crippen LogP contribution < -0.4 is 9.64 Å². The van der Waals surface area contributed by atoms with Gasteiger partial charge in [0.15, 0.2) is 0 Å². The van der Waals surface area contributed by atoms with Crippen molar-refractivity contribution in [2.45, 2.75) is 52.5 Å². The molecule has 35 heavy (non-hydrogen) atoms. The molecule has 5 nitrogen and oxygen atoms in total. The van der Waals surface area contributed by atoms with Crippen LogP contribution in [-0.2, 0) is 11.3 Å². The Bertz CT molecular complexity index is 1350. The zero-order chi connectivity index (χ0) is 24.5. The third-order valence-corrected chi connectivity index (χ3v) is 6.95. The lowest BCUT2D eigenvalue weighted by atomic mass is 10.0. The van der Waals surface area contributed by atoms with Crippen molar-refractivity contribution in [3.8, 4) is 5.75 Å². The Labute approximate surface area is 207 Å². The number of rotatable bonds is 7. The van der Waals surface area contributed by atoms with Crippen LogP contribution >= 0.6 is 0 Å². The van der Waals surface area contributed by atoms with Crippen LogP contribution in [0.15, 0.2) is 66.7 Å². The van der Waals surface area contributed by atoms with Crippen molar-refractivity contribution in [1.29, 1.82) is 0 Å². The first-order valence-corrected chi connectivity index (χ1v) is 12.5. The largest absolute Gasteiger partial charge is 0.492 e. The minimum absolute atomic E-state index is 0.0425. The molecule has 1 aliphatic heterocycles. The molecule has 1 aromatic heterocycles. The maximum Gasteiger partial charge on any atom is 0.227 e. The number of hydrogen-bond donors (Lipinski definition) is 0. The summed E-state index contributed by atoms with van der Waals surface area (Å²) >= 11 is 0. The van der Waals surface area contributed by atoms with E-state index in [4.69, 9.17) is 9.72 Å². The third-order valence-electron chi connectivity index (χ3n) is 6.95. The summed E-state index contributed by atoms with van der Waals surface area (Å²) < 4.78 is 8.33. The van der Waals surface area contributed by atoms with E-state index in [1.54, 1.807) is 0 Å². The predicted octanol–water partition coefficient (Wildman–Crippen LogP) is 6.38. The quantitative estimate of drug-likeness (QED) is 0.317. The summed E-state index contributed by atoms with van der Waals surface area (Å²) in [5.74, 6) is 2.53. The van der Waals surface area contributed by atoms with Gasteiger partial charge in [-0.2, -0.15) is 0 Å². The molecule has 0 bridgehead atoms. The van der Waals surface area contributed by atoms with E-state index in [0.29, 0.717) is 32.0 Å². The lowest BCUT2D eigenvalue weighted by Gasteiger charge is -2.20. The summed E-state index contributed by atoms with van der Waals surface area (Å²) in [7, 11) is 0. The van der Waals surface area contributed by atoms with Crippen molar-refractivity contribution in [3.05, 3.63) is 89.2 Å². The fourth-order valence-corrected chi connectivity index (χ4v) is 5.07. The number of para-hydroxylation sites is 2. The lowest BCUT2D eigenvalue weighted by Crippen LogP contribution is -2.25. The molecule has 0 radical (unpaired) electrons. The number of imidazole rings is 1. The van der Waals surface area contributed by atoms with E-state index in [1.165, 1.54) is 11.1 Å². The fourth-order valence-electron chi connectivity index (χ4n) is 5.07. The lowest BCUT2D eigenvalue weighted by molar-refractivity contribution is -0.117. The molecule has 0 spiro atoms. The number of carbonyl (C=O) groups is 1. The SMILES string of the molecule is Cc1ccc(N2CC(c3nc4ccccc4n3CCOc3ccc(C(C)C)cc3)CC2=O)c(C)c1. The molecule has 180 valence electrons. The maximum absolute atomic E-state index is 13.1. The van der Waals surface area contributed by atoms with Gasteiger partial charge in [-0.3, -0.25) is 4.79 Å². The zero-order valence-corrected chi connectivity index (χ0v) is 21.0. The van der Waals surface area contributed by atoms with Crippen LogP contribution in [0.3, 0.4) is 0 Å². The van der Waals surface area contributed by atoms with Crippen LogP contribution in [0, 0.1) is 13.8 Å². The van der Waals surface area contributed by atoms with Crippen molar-refractivity contribution in [1.82, 2.24) is 9.55 Å². The van der Waals surface area contributed by atoms with Gasteiger partial charge >= 0.3 is 0 Å². The number of fused-ring (bicyclic) bond motifs is 1. The van der Waals surface area contributed by atoms with Gasteiger partial charge in [-0.05, 0) is 61.2 Å². The Morgan fingerprint density at radius 2 is 1.80 bits per heavy atom. The van der Waals surface area contributed by atoms with Gasteiger partial charge in [-0.1, -0.05) is 55.8 Å². The fraction of sp³-hybridized carbons (Fsp3) is 0.333. The predicted molar refractivity (Wildman–Crippen MR) is 141 cm³/mol. The molecular weight excluding hydrogens is 434 g/mol. The smallest absolute Gasteiger partial charge is 0.227 e. The van der Waals surface area contributed by atoms with Crippen molar-refractivity contribution >= 4 is 22.6 Å². The van der Waals surface area contributed by atoms with E-state index in [-0.39, 0.29) is 11.8 Å². The summed E-state index contributed by atoms with van der Waals surface area (Å²) in [6.07, 6.45) is 0.466. The second-order valence-corrected chi connectivity index (χ2v) is 9.88. The molecule has 5 rings (SSSR count). The number of anilines is 1. The molecule has 1 fully saturated rings. The second kappa shape index (κ2) is 9.57. The first-order chi connectivity index (χ1) is 16.9. The summed E-state index contributed by atoms with van der Waals surface area (Å²) in [5, 5.41) is 0. The minimum atomic E-state index is 0.0425. The molecule has 2 heterocycles. The van der Waals surface area contributed by atoms with E-state index < -0.39 is 0 Å². The molecule has 1 atom stereocenters. The Morgan fingerprint density at radius 1 is 1.03 bits per heavy atom. The number of hydrogen-bond acceptors (Lipinski definition) is 3. The number of aryl methyl sites for hydroxylation is 2. The molecule has 0 aliphatic carbocycles. The third kappa shape index (κ3) is 4.68. The van der Waals surface area contributed by atoms with E-state index in [1.807, 2.05) is 35.2 Å². The van der Waals surface area contributed by atoms with Gasteiger partial charge in [0.05, 0.1) is 17.6 Å². The van der Waals surface area contributed by atoms with Gasteiger partial charge in [0.1, 0.15) is 18.2 Å². The van der Waals surface area contributed by atoms with Crippen molar-refractivity contribution in [2.24, 2.45) is 0 Å². The van der Waals surface area contributed by atoms with Crippen LogP contribution in [0.4, 0.5) is 5.69 Å². The monoisotopic (exact) mass is 467 g/mol. The molecule has 1 unspecified atom stereocenters. The highest BCUT2D eigenvalue weighted by molar-refractivity contribution is 5.97. The van der Waals surface area contributed by atoms with E-state index in [2.05, 4.69) is 68.7 Å². The number of amides is 1. The minimum Gasteiger partial charge on any atom is -0.492 e. The van der Waals surface area contributed by atoms with Crippen molar-refractivity contribution in [2.75, 3.05) is 18.1 Å². The number of benzene rings is 3. The molecule has 1 aliphatic rings. The Balaban J connectivity index is 1.37. The van der Waals surface area contributed by atoms with E-state index in [9.17, 15) is 4.79 Å².